The highest BCUT2D eigenvalue weighted by molar-refractivity contribution is 9.09. The maximum atomic E-state index is 12.4. The first-order chi connectivity index (χ1) is 8.50. The Bertz CT molecular complexity index is 461. The molecule has 0 bridgehead atoms. The molecule has 1 amide bonds. The van der Waals surface area contributed by atoms with E-state index in [0.717, 1.165) is 18.5 Å². The Kier molecular flexibility index (Phi) is 3.95. The van der Waals surface area contributed by atoms with E-state index < -0.39 is 0 Å². The van der Waals surface area contributed by atoms with Crippen LogP contribution in [0.4, 0.5) is 0 Å². The molecule has 1 aliphatic heterocycles. The van der Waals surface area contributed by atoms with Gasteiger partial charge < -0.3 is 10.0 Å². The Balaban J connectivity index is 2.19. The number of alkyl halides is 1. The van der Waals surface area contributed by atoms with Crippen LogP contribution in [0.1, 0.15) is 29.3 Å². The van der Waals surface area contributed by atoms with Crippen molar-refractivity contribution in [3.63, 3.8) is 0 Å². The van der Waals surface area contributed by atoms with Crippen LogP contribution < -0.4 is 0 Å². The molecule has 1 fully saturated rings. The van der Waals surface area contributed by atoms with Crippen LogP contribution in [-0.4, -0.2) is 33.8 Å². The van der Waals surface area contributed by atoms with Crippen LogP contribution in [0.3, 0.4) is 0 Å². The number of nitrogens with zero attached hydrogens (tertiary/aromatic N) is 1. The third kappa shape index (κ3) is 2.53. The highest BCUT2D eigenvalue weighted by Gasteiger charge is 2.28. The number of piperidine rings is 1. The van der Waals surface area contributed by atoms with Crippen LogP contribution >= 0.6 is 15.9 Å². The Labute approximate surface area is 116 Å². The zero-order chi connectivity index (χ0) is 13.3. The van der Waals surface area contributed by atoms with Crippen molar-refractivity contribution in [3.8, 4) is 5.75 Å². The average Bonchev–Trinajstić information content (AvgIpc) is 2.35. The van der Waals surface area contributed by atoms with E-state index >= 15 is 0 Å². The van der Waals surface area contributed by atoms with Crippen molar-refractivity contribution in [2.75, 3.05) is 13.1 Å². The molecule has 1 aromatic carbocycles. The maximum absolute atomic E-state index is 12.4. The number of halogens is 1. The molecule has 2 atom stereocenters. The van der Waals surface area contributed by atoms with Crippen LogP contribution in [0, 0.1) is 12.8 Å². The minimum absolute atomic E-state index is 0.0763. The monoisotopic (exact) mass is 311 g/mol. The van der Waals surface area contributed by atoms with Crippen molar-refractivity contribution < 1.29 is 9.90 Å². The number of likely N-dealkylation sites (tertiary alicyclic amines) is 1. The summed E-state index contributed by atoms with van der Waals surface area (Å²) in [5.41, 5.74) is 1.14. The van der Waals surface area contributed by atoms with E-state index in [1.54, 1.807) is 25.1 Å². The number of carbonyl (C=O) groups excluding carboxylic acids is 1. The number of amides is 1. The number of aromatic hydroxyl groups is 1. The molecule has 0 spiro atoms. The van der Waals surface area contributed by atoms with Gasteiger partial charge in [0.1, 0.15) is 5.75 Å². The van der Waals surface area contributed by atoms with Gasteiger partial charge in [-0.25, -0.2) is 0 Å². The second kappa shape index (κ2) is 5.31. The zero-order valence-corrected chi connectivity index (χ0v) is 12.3. The standard InChI is InChI=1S/C14H18BrNO2/c1-9-6-7-16(8-12(9)15)14(18)11-5-3-4-10(2)13(11)17/h3-5,9,12,17H,6-8H2,1-2H3. The lowest BCUT2D eigenvalue weighted by molar-refractivity contribution is 0.0703. The predicted molar refractivity (Wildman–Crippen MR) is 75.2 cm³/mol. The van der Waals surface area contributed by atoms with Crippen molar-refractivity contribution in [3.05, 3.63) is 29.3 Å². The molecule has 0 aliphatic carbocycles. The van der Waals surface area contributed by atoms with Gasteiger partial charge >= 0.3 is 0 Å². The highest BCUT2D eigenvalue weighted by Crippen LogP contribution is 2.27. The van der Waals surface area contributed by atoms with Gasteiger partial charge in [0.25, 0.3) is 5.91 Å². The smallest absolute Gasteiger partial charge is 0.257 e. The van der Waals surface area contributed by atoms with E-state index in [4.69, 9.17) is 0 Å². The molecule has 1 N–H and O–H groups in total. The molecule has 1 aromatic rings. The summed E-state index contributed by atoms with van der Waals surface area (Å²) in [6, 6.07) is 5.30. The van der Waals surface area contributed by atoms with E-state index in [1.165, 1.54) is 0 Å². The summed E-state index contributed by atoms with van der Waals surface area (Å²) >= 11 is 3.61. The summed E-state index contributed by atoms with van der Waals surface area (Å²) < 4.78 is 0. The van der Waals surface area contributed by atoms with Crippen LogP contribution in [0.2, 0.25) is 0 Å². The Morgan fingerprint density at radius 3 is 2.89 bits per heavy atom. The lowest BCUT2D eigenvalue weighted by Gasteiger charge is -2.34. The van der Waals surface area contributed by atoms with Gasteiger partial charge in [-0.05, 0) is 30.9 Å². The molecule has 0 radical (unpaired) electrons. The van der Waals surface area contributed by atoms with Crippen LogP contribution in [0.5, 0.6) is 5.75 Å². The lowest BCUT2D eigenvalue weighted by atomic mass is 9.98. The van der Waals surface area contributed by atoms with E-state index in [0.29, 0.717) is 22.9 Å². The number of phenols is 1. The molecule has 1 heterocycles. The Hall–Kier alpha value is -1.03. The van der Waals surface area contributed by atoms with Gasteiger partial charge in [0.2, 0.25) is 0 Å². The molecule has 1 aliphatic rings. The molecule has 0 saturated carbocycles. The number of phenolic OH excluding ortho intramolecular Hbond substituents is 1. The molecule has 2 rings (SSSR count). The van der Waals surface area contributed by atoms with E-state index in [-0.39, 0.29) is 11.7 Å². The quantitative estimate of drug-likeness (QED) is 0.810. The van der Waals surface area contributed by atoms with E-state index in [1.807, 2.05) is 4.90 Å². The maximum Gasteiger partial charge on any atom is 0.257 e. The fourth-order valence-corrected chi connectivity index (χ4v) is 2.82. The first-order valence-electron chi connectivity index (χ1n) is 6.22. The number of benzene rings is 1. The highest BCUT2D eigenvalue weighted by atomic mass is 79.9. The van der Waals surface area contributed by atoms with Gasteiger partial charge in [0, 0.05) is 17.9 Å². The third-order valence-corrected chi connectivity index (χ3v) is 4.81. The predicted octanol–water partition coefficient (Wildman–Crippen LogP) is 2.95. The van der Waals surface area contributed by atoms with Crippen molar-refractivity contribution in [2.24, 2.45) is 5.92 Å². The second-order valence-electron chi connectivity index (χ2n) is 5.00. The summed E-state index contributed by atoms with van der Waals surface area (Å²) in [6.07, 6.45) is 0.994. The number of para-hydroxylation sites is 1. The summed E-state index contributed by atoms with van der Waals surface area (Å²) in [5, 5.41) is 9.96. The van der Waals surface area contributed by atoms with Crippen molar-refractivity contribution >= 4 is 21.8 Å². The molecule has 2 unspecified atom stereocenters. The van der Waals surface area contributed by atoms with Crippen LogP contribution in [0.15, 0.2) is 18.2 Å². The average molecular weight is 312 g/mol. The van der Waals surface area contributed by atoms with Gasteiger partial charge in [0.15, 0.2) is 0 Å². The molecule has 98 valence electrons. The molecule has 1 saturated heterocycles. The van der Waals surface area contributed by atoms with E-state index in [9.17, 15) is 9.90 Å². The molecule has 3 nitrogen and oxygen atoms in total. The minimum atomic E-state index is -0.0763. The van der Waals surface area contributed by atoms with Crippen LogP contribution in [0.25, 0.3) is 0 Å². The van der Waals surface area contributed by atoms with Gasteiger partial charge in [0.05, 0.1) is 5.56 Å². The fourth-order valence-electron chi connectivity index (χ4n) is 2.21. The van der Waals surface area contributed by atoms with Crippen molar-refractivity contribution in [1.29, 1.82) is 0 Å². The number of hydrogen-bond acceptors (Lipinski definition) is 2. The topological polar surface area (TPSA) is 40.5 Å². The molecular weight excluding hydrogens is 294 g/mol. The van der Waals surface area contributed by atoms with Gasteiger partial charge in [-0.1, -0.05) is 35.0 Å². The summed E-state index contributed by atoms with van der Waals surface area (Å²) in [7, 11) is 0. The number of rotatable bonds is 1. The number of hydrogen-bond donors (Lipinski definition) is 1. The minimum Gasteiger partial charge on any atom is -0.507 e. The van der Waals surface area contributed by atoms with Crippen molar-refractivity contribution in [1.82, 2.24) is 4.90 Å². The Morgan fingerprint density at radius 2 is 2.22 bits per heavy atom. The Morgan fingerprint density at radius 1 is 1.50 bits per heavy atom. The normalized spacial score (nSPS) is 24.1. The van der Waals surface area contributed by atoms with Crippen LogP contribution in [-0.2, 0) is 0 Å². The second-order valence-corrected chi connectivity index (χ2v) is 6.18. The van der Waals surface area contributed by atoms with E-state index in [2.05, 4.69) is 22.9 Å². The molecule has 18 heavy (non-hydrogen) atoms. The van der Waals surface area contributed by atoms with Gasteiger partial charge in [-0.15, -0.1) is 0 Å². The molecule has 4 heteroatoms. The lowest BCUT2D eigenvalue weighted by Crippen LogP contribution is -2.43. The summed E-state index contributed by atoms with van der Waals surface area (Å²) in [6.45, 7) is 5.45. The first-order valence-corrected chi connectivity index (χ1v) is 7.14. The summed E-state index contributed by atoms with van der Waals surface area (Å²) in [4.78, 5) is 14.5. The van der Waals surface area contributed by atoms with Gasteiger partial charge in [-0.3, -0.25) is 4.79 Å². The summed E-state index contributed by atoms with van der Waals surface area (Å²) in [5.74, 6) is 0.611. The fraction of sp³-hybridized carbons (Fsp3) is 0.500. The number of aryl methyl sites for hydroxylation is 1. The number of carbonyl (C=O) groups is 1. The molecule has 0 aromatic heterocycles. The molecular formula is C14H18BrNO2. The van der Waals surface area contributed by atoms with Crippen molar-refractivity contribution in [2.45, 2.75) is 25.1 Å². The zero-order valence-electron chi connectivity index (χ0n) is 10.7. The van der Waals surface area contributed by atoms with Gasteiger partial charge in [-0.2, -0.15) is 0 Å². The SMILES string of the molecule is Cc1cccc(C(=O)N2CCC(C)C(Br)C2)c1O. The third-order valence-electron chi connectivity index (χ3n) is 3.62. The largest absolute Gasteiger partial charge is 0.507 e. The first kappa shape index (κ1) is 13.4.